The monoisotopic (exact) mass is 432 g/mol. The van der Waals surface area contributed by atoms with E-state index in [0.29, 0.717) is 0 Å². The Morgan fingerprint density at radius 1 is 0.967 bits per heavy atom. The number of hydrogen-bond donors (Lipinski definition) is 9. The van der Waals surface area contributed by atoms with Gasteiger partial charge in [0.25, 0.3) is 0 Å². The van der Waals surface area contributed by atoms with E-state index in [0.717, 1.165) is 0 Å². The number of amides is 4. The van der Waals surface area contributed by atoms with E-state index in [1.807, 2.05) is 5.32 Å². The van der Waals surface area contributed by atoms with Gasteiger partial charge < -0.3 is 49.1 Å². The Bertz CT molecular complexity index is 665. The van der Waals surface area contributed by atoms with E-state index in [2.05, 4.69) is 15.6 Å². The summed E-state index contributed by atoms with van der Waals surface area (Å²) in [6.45, 7) is -1.11. The highest BCUT2D eigenvalue weighted by Gasteiger charge is 2.25. The number of primary amides is 1. The van der Waals surface area contributed by atoms with Gasteiger partial charge in [-0.1, -0.05) is 0 Å². The van der Waals surface area contributed by atoms with Crippen molar-refractivity contribution in [1.29, 1.82) is 0 Å². The van der Waals surface area contributed by atoms with Gasteiger partial charge >= 0.3 is 5.97 Å². The number of nitrogens with two attached hydrogens (primary N) is 4. The number of rotatable bonds is 14. The Morgan fingerprint density at radius 3 is 2.10 bits per heavy atom. The zero-order valence-electron chi connectivity index (χ0n) is 16.2. The van der Waals surface area contributed by atoms with E-state index < -0.39 is 67.3 Å². The molecule has 30 heavy (non-hydrogen) atoms. The minimum absolute atomic E-state index is 0.0769. The molecular formula is C15H28N8O7. The number of hydrogen-bond acceptors (Lipinski definition) is 8. The van der Waals surface area contributed by atoms with Crippen LogP contribution in [-0.2, 0) is 24.0 Å². The van der Waals surface area contributed by atoms with Crippen molar-refractivity contribution in [1.82, 2.24) is 16.0 Å². The number of guanidine groups is 1. The van der Waals surface area contributed by atoms with Crippen LogP contribution in [0.5, 0.6) is 0 Å². The molecule has 3 atom stereocenters. The zero-order chi connectivity index (χ0) is 23.3. The van der Waals surface area contributed by atoms with Crippen LogP contribution in [0, 0.1) is 0 Å². The van der Waals surface area contributed by atoms with E-state index in [1.54, 1.807) is 0 Å². The van der Waals surface area contributed by atoms with Crippen LogP contribution in [0.2, 0.25) is 0 Å². The molecule has 0 bridgehead atoms. The molecule has 0 aliphatic heterocycles. The maximum absolute atomic E-state index is 12.3. The first-order valence-corrected chi connectivity index (χ1v) is 8.78. The lowest BCUT2D eigenvalue weighted by Gasteiger charge is -2.20. The number of carbonyl (C=O) groups is 5. The number of aliphatic imine (C=N–C) groups is 1. The minimum atomic E-state index is -1.55. The van der Waals surface area contributed by atoms with E-state index in [-0.39, 0.29) is 25.3 Å². The summed E-state index contributed by atoms with van der Waals surface area (Å²) in [5, 5.41) is 24.5. The van der Waals surface area contributed by atoms with Crippen molar-refractivity contribution >= 4 is 35.6 Å². The summed E-state index contributed by atoms with van der Waals surface area (Å²) < 4.78 is 0. The molecule has 0 saturated carbocycles. The predicted octanol–water partition coefficient (Wildman–Crippen LogP) is -5.59. The van der Waals surface area contributed by atoms with Crippen molar-refractivity contribution < 1.29 is 34.2 Å². The van der Waals surface area contributed by atoms with Gasteiger partial charge in [0.15, 0.2) is 5.96 Å². The quantitative estimate of drug-likeness (QED) is 0.0712. The molecule has 3 unspecified atom stereocenters. The lowest BCUT2D eigenvalue weighted by molar-refractivity contribution is -0.143. The third kappa shape index (κ3) is 11.4. The molecule has 0 aliphatic rings. The molecular weight excluding hydrogens is 404 g/mol. The third-order valence-corrected chi connectivity index (χ3v) is 3.57. The summed E-state index contributed by atoms with van der Waals surface area (Å²) in [4.78, 5) is 61.6. The van der Waals surface area contributed by atoms with E-state index in [9.17, 15) is 24.0 Å². The Kier molecular flexibility index (Phi) is 12.1. The van der Waals surface area contributed by atoms with Gasteiger partial charge in [-0.05, 0) is 12.8 Å². The SMILES string of the molecule is NC(=O)CC(NC(=O)CNC(=O)C(CCCN=C(N)N)NC(=O)C(N)CO)C(=O)O. The van der Waals surface area contributed by atoms with Crippen molar-refractivity contribution in [3.05, 3.63) is 0 Å². The average molecular weight is 432 g/mol. The summed E-state index contributed by atoms with van der Waals surface area (Å²) in [6, 6.07) is -3.94. The van der Waals surface area contributed by atoms with Gasteiger partial charge in [0.1, 0.15) is 18.1 Å². The van der Waals surface area contributed by atoms with Crippen molar-refractivity contribution in [3.63, 3.8) is 0 Å². The van der Waals surface area contributed by atoms with Crippen LogP contribution < -0.4 is 38.9 Å². The number of nitrogens with zero attached hydrogens (tertiary/aromatic N) is 1. The van der Waals surface area contributed by atoms with Crippen molar-refractivity contribution in [2.75, 3.05) is 19.7 Å². The molecule has 0 saturated heterocycles. The molecule has 0 aromatic carbocycles. The van der Waals surface area contributed by atoms with Crippen LogP contribution in [0.4, 0.5) is 0 Å². The lowest BCUT2D eigenvalue weighted by Crippen LogP contribution is -2.54. The highest BCUT2D eigenvalue weighted by molar-refractivity contribution is 5.93. The molecule has 0 aromatic rings. The molecule has 13 N–H and O–H groups in total. The molecule has 0 spiro atoms. The lowest BCUT2D eigenvalue weighted by atomic mass is 10.1. The second-order valence-corrected chi connectivity index (χ2v) is 6.15. The fourth-order valence-corrected chi connectivity index (χ4v) is 2.07. The number of aliphatic hydroxyl groups excluding tert-OH is 1. The summed E-state index contributed by atoms with van der Waals surface area (Å²) in [7, 11) is 0. The van der Waals surface area contributed by atoms with Crippen molar-refractivity contribution in [3.8, 4) is 0 Å². The Morgan fingerprint density at radius 2 is 1.60 bits per heavy atom. The topological polar surface area (TPSA) is 278 Å². The average Bonchev–Trinajstić information content (AvgIpc) is 2.66. The first-order chi connectivity index (χ1) is 14.0. The molecule has 0 rings (SSSR count). The first-order valence-electron chi connectivity index (χ1n) is 8.78. The van der Waals surface area contributed by atoms with Crippen molar-refractivity contribution in [2.24, 2.45) is 27.9 Å². The van der Waals surface area contributed by atoms with E-state index >= 15 is 0 Å². The number of nitrogens with one attached hydrogen (secondary N) is 3. The molecule has 170 valence electrons. The number of aliphatic hydroxyl groups is 1. The standard InChI is InChI=1S/C15H28N8O7/c16-7(6-24)12(27)23-8(2-1-3-20-15(18)19)13(28)21-5-11(26)22-9(14(29)30)4-10(17)25/h7-9,24H,1-6,16H2,(H2,17,25)(H,21,28)(H,22,26)(H,23,27)(H,29,30)(H4,18,19,20). The van der Waals surface area contributed by atoms with Gasteiger partial charge in [0.2, 0.25) is 23.6 Å². The van der Waals surface area contributed by atoms with Crippen LogP contribution in [0.1, 0.15) is 19.3 Å². The number of carboxylic acids is 1. The molecule has 0 fully saturated rings. The highest BCUT2D eigenvalue weighted by atomic mass is 16.4. The van der Waals surface area contributed by atoms with Gasteiger partial charge in [-0.15, -0.1) is 0 Å². The fourth-order valence-electron chi connectivity index (χ4n) is 2.07. The van der Waals surface area contributed by atoms with Gasteiger partial charge in [-0.25, -0.2) is 4.79 Å². The van der Waals surface area contributed by atoms with Crippen LogP contribution in [-0.4, -0.2) is 83.6 Å². The molecule has 0 heterocycles. The van der Waals surface area contributed by atoms with Crippen LogP contribution in [0.25, 0.3) is 0 Å². The van der Waals surface area contributed by atoms with Crippen LogP contribution >= 0.6 is 0 Å². The minimum Gasteiger partial charge on any atom is -0.480 e. The summed E-state index contributed by atoms with van der Waals surface area (Å²) >= 11 is 0. The first kappa shape index (κ1) is 26.5. The summed E-state index contributed by atoms with van der Waals surface area (Å²) in [6.07, 6.45) is -0.262. The largest absolute Gasteiger partial charge is 0.480 e. The Hall–Kier alpha value is -3.46. The normalized spacial score (nSPS) is 13.3. The van der Waals surface area contributed by atoms with E-state index in [4.69, 9.17) is 33.1 Å². The van der Waals surface area contributed by atoms with Crippen molar-refractivity contribution in [2.45, 2.75) is 37.4 Å². The molecule has 4 amide bonds. The number of aliphatic carboxylic acids is 1. The molecule has 15 heteroatoms. The second-order valence-electron chi connectivity index (χ2n) is 6.15. The van der Waals surface area contributed by atoms with Gasteiger partial charge in [0, 0.05) is 6.54 Å². The summed E-state index contributed by atoms with van der Waals surface area (Å²) in [5.41, 5.74) is 20.7. The Balaban J connectivity index is 4.89. The Labute approximate surface area is 171 Å². The van der Waals surface area contributed by atoms with E-state index in [1.165, 1.54) is 0 Å². The number of carboxylic acid groups (broad SMARTS) is 1. The molecule has 0 radical (unpaired) electrons. The maximum atomic E-state index is 12.3. The molecule has 0 aliphatic carbocycles. The van der Waals surface area contributed by atoms with Gasteiger partial charge in [-0.2, -0.15) is 0 Å². The smallest absolute Gasteiger partial charge is 0.326 e. The highest BCUT2D eigenvalue weighted by Crippen LogP contribution is 2.00. The molecule has 0 aromatic heterocycles. The zero-order valence-corrected chi connectivity index (χ0v) is 16.2. The van der Waals surface area contributed by atoms with Crippen LogP contribution in [0.3, 0.4) is 0 Å². The number of carbonyl (C=O) groups excluding carboxylic acids is 4. The summed E-state index contributed by atoms with van der Waals surface area (Å²) in [5.74, 6) is -5.02. The van der Waals surface area contributed by atoms with Gasteiger partial charge in [-0.3, -0.25) is 24.2 Å². The van der Waals surface area contributed by atoms with Gasteiger partial charge in [0.05, 0.1) is 19.6 Å². The molecule has 15 nitrogen and oxygen atoms in total. The third-order valence-electron chi connectivity index (χ3n) is 3.57. The predicted molar refractivity (Wildman–Crippen MR) is 103 cm³/mol. The maximum Gasteiger partial charge on any atom is 0.326 e. The van der Waals surface area contributed by atoms with Crippen LogP contribution in [0.15, 0.2) is 4.99 Å². The fraction of sp³-hybridized carbons (Fsp3) is 0.600. The second kappa shape index (κ2) is 13.7.